The van der Waals surface area contributed by atoms with Crippen LogP contribution in [-0.4, -0.2) is 34.8 Å². The van der Waals surface area contributed by atoms with Gasteiger partial charge in [-0.1, -0.05) is 64.8 Å². The van der Waals surface area contributed by atoms with Crippen molar-refractivity contribution in [3.63, 3.8) is 0 Å². The molecule has 2 aliphatic rings. The summed E-state index contributed by atoms with van der Waals surface area (Å²) in [5.41, 5.74) is 1.54. The minimum absolute atomic E-state index is 0.172. The summed E-state index contributed by atoms with van der Waals surface area (Å²) in [6.07, 6.45) is 4.25. The molecular formula is C23H33N3O3. The zero-order valence-electron chi connectivity index (χ0n) is 18.0. The van der Waals surface area contributed by atoms with Gasteiger partial charge in [0.1, 0.15) is 12.1 Å². The summed E-state index contributed by atoms with van der Waals surface area (Å²) in [7, 11) is 0. The Bertz CT molecular complexity index is 766. The van der Waals surface area contributed by atoms with Gasteiger partial charge in [-0.25, -0.2) is 4.79 Å². The molecule has 0 radical (unpaired) electrons. The summed E-state index contributed by atoms with van der Waals surface area (Å²) in [5, 5.41) is 5.85. The largest absolute Gasteiger partial charge is 0.347 e. The summed E-state index contributed by atoms with van der Waals surface area (Å²) >= 11 is 0. The number of carbonyl (C=O) groups is 3. The van der Waals surface area contributed by atoms with Gasteiger partial charge in [0, 0.05) is 0 Å². The minimum Gasteiger partial charge on any atom is -0.347 e. The van der Waals surface area contributed by atoms with Crippen molar-refractivity contribution in [2.24, 2.45) is 5.92 Å². The molecule has 2 N–H and O–H groups in total. The van der Waals surface area contributed by atoms with Crippen LogP contribution < -0.4 is 10.6 Å². The standard InChI is InChI=1S/C23H33N3O3/c1-5-16(4)17-8-10-18(11-9-17)20(15(2)3)24-19(27)14-26-21(28)23(25-22(26)29)12-6-7-13-23/h8-11,15-16,20H,5-7,12-14H2,1-4H3,(H,24,27)(H,25,29). The van der Waals surface area contributed by atoms with Crippen LogP contribution in [-0.2, 0) is 9.59 Å². The molecule has 29 heavy (non-hydrogen) atoms. The lowest BCUT2D eigenvalue weighted by molar-refractivity contribution is -0.135. The number of nitrogens with zero attached hydrogens (tertiary/aromatic N) is 1. The maximum Gasteiger partial charge on any atom is 0.325 e. The van der Waals surface area contributed by atoms with Gasteiger partial charge in [-0.2, -0.15) is 0 Å². The highest BCUT2D eigenvalue weighted by atomic mass is 16.2. The van der Waals surface area contributed by atoms with Crippen molar-refractivity contribution >= 4 is 17.8 Å². The number of hydrogen-bond donors (Lipinski definition) is 2. The number of nitrogens with one attached hydrogen (secondary N) is 2. The molecule has 1 aliphatic carbocycles. The van der Waals surface area contributed by atoms with Gasteiger partial charge >= 0.3 is 6.03 Å². The third-order valence-corrected chi connectivity index (χ3v) is 6.46. The van der Waals surface area contributed by atoms with Crippen molar-refractivity contribution < 1.29 is 14.4 Å². The molecule has 1 aromatic rings. The van der Waals surface area contributed by atoms with E-state index in [1.807, 2.05) is 0 Å². The Morgan fingerprint density at radius 1 is 1.10 bits per heavy atom. The normalized spacial score (nSPS) is 20.2. The highest BCUT2D eigenvalue weighted by Crippen LogP contribution is 2.35. The Balaban J connectivity index is 1.67. The van der Waals surface area contributed by atoms with Gasteiger partial charge in [0.15, 0.2) is 0 Å². The molecule has 2 atom stereocenters. The average Bonchev–Trinajstić information content (AvgIpc) is 3.26. The molecule has 1 saturated carbocycles. The highest BCUT2D eigenvalue weighted by molar-refractivity contribution is 6.09. The molecule has 0 aromatic heterocycles. The summed E-state index contributed by atoms with van der Waals surface area (Å²) < 4.78 is 0. The number of benzene rings is 1. The smallest absolute Gasteiger partial charge is 0.325 e. The molecule has 1 heterocycles. The number of amides is 4. The van der Waals surface area contributed by atoms with Gasteiger partial charge < -0.3 is 10.6 Å². The van der Waals surface area contributed by atoms with E-state index >= 15 is 0 Å². The predicted molar refractivity (Wildman–Crippen MR) is 112 cm³/mol. The van der Waals surface area contributed by atoms with Gasteiger partial charge in [0.25, 0.3) is 5.91 Å². The van der Waals surface area contributed by atoms with Crippen LogP contribution in [0.25, 0.3) is 0 Å². The lowest BCUT2D eigenvalue weighted by Crippen LogP contribution is -2.46. The maximum absolute atomic E-state index is 12.8. The van der Waals surface area contributed by atoms with Gasteiger partial charge in [0.2, 0.25) is 5.91 Å². The second-order valence-corrected chi connectivity index (χ2v) is 8.88. The Morgan fingerprint density at radius 3 is 2.24 bits per heavy atom. The molecule has 6 nitrogen and oxygen atoms in total. The molecule has 1 spiro atoms. The van der Waals surface area contributed by atoms with Crippen LogP contribution in [0.4, 0.5) is 4.79 Å². The average molecular weight is 400 g/mol. The van der Waals surface area contributed by atoms with E-state index < -0.39 is 11.6 Å². The highest BCUT2D eigenvalue weighted by Gasteiger charge is 2.52. The molecule has 4 amide bonds. The number of rotatable bonds is 7. The first-order valence-corrected chi connectivity index (χ1v) is 10.8. The fourth-order valence-corrected chi connectivity index (χ4v) is 4.40. The molecule has 1 aromatic carbocycles. The number of hydrogen-bond acceptors (Lipinski definition) is 3. The van der Waals surface area contributed by atoms with Crippen LogP contribution in [0.5, 0.6) is 0 Å². The summed E-state index contributed by atoms with van der Waals surface area (Å²) in [6, 6.07) is 7.74. The fraction of sp³-hybridized carbons (Fsp3) is 0.609. The van der Waals surface area contributed by atoms with Crippen LogP contribution in [0.2, 0.25) is 0 Å². The molecule has 6 heteroatoms. The molecule has 0 bridgehead atoms. The van der Waals surface area contributed by atoms with Crippen molar-refractivity contribution in [3.8, 4) is 0 Å². The van der Waals surface area contributed by atoms with Gasteiger partial charge in [-0.15, -0.1) is 0 Å². The Labute approximate surface area is 173 Å². The molecule has 1 aliphatic heterocycles. The molecule has 1 saturated heterocycles. The molecular weight excluding hydrogens is 366 g/mol. The van der Waals surface area contributed by atoms with Gasteiger partial charge in [-0.3, -0.25) is 14.5 Å². The van der Waals surface area contributed by atoms with E-state index in [2.05, 4.69) is 62.6 Å². The number of urea groups is 1. The van der Waals surface area contributed by atoms with Crippen LogP contribution in [0.15, 0.2) is 24.3 Å². The topological polar surface area (TPSA) is 78.5 Å². The third kappa shape index (κ3) is 4.31. The first-order valence-electron chi connectivity index (χ1n) is 10.8. The number of imide groups is 1. The van der Waals surface area contributed by atoms with E-state index in [9.17, 15) is 14.4 Å². The van der Waals surface area contributed by atoms with Crippen molar-refractivity contribution in [1.29, 1.82) is 0 Å². The summed E-state index contributed by atoms with van der Waals surface area (Å²) in [5.74, 6) is 0.110. The molecule has 158 valence electrons. The Morgan fingerprint density at radius 2 is 1.69 bits per heavy atom. The minimum atomic E-state index is -0.777. The van der Waals surface area contributed by atoms with E-state index in [4.69, 9.17) is 0 Å². The van der Waals surface area contributed by atoms with Crippen LogP contribution >= 0.6 is 0 Å². The zero-order valence-corrected chi connectivity index (χ0v) is 18.0. The van der Waals surface area contributed by atoms with Crippen molar-refractivity contribution in [2.45, 2.75) is 77.3 Å². The van der Waals surface area contributed by atoms with Crippen molar-refractivity contribution in [1.82, 2.24) is 15.5 Å². The quantitative estimate of drug-likeness (QED) is 0.683. The third-order valence-electron chi connectivity index (χ3n) is 6.46. The maximum atomic E-state index is 12.8. The number of carbonyl (C=O) groups excluding carboxylic acids is 3. The first-order chi connectivity index (χ1) is 13.8. The second-order valence-electron chi connectivity index (χ2n) is 8.88. The van der Waals surface area contributed by atoms with Gasteiger partial charge in [-0.05, 0) is 42.2 Å². The van der Waals surface area contributed by atoms with E-state index in [0.717, 1.165) is 29.7 Å². The second kappa shape index (κ2) is 8.56. The van der Waals surface area contributed by atoms with E-state index in [-0.39, 0.29) is 30.3 Å². The Hall–Kier alpha value is -2.37. The van der Waals surface area contributed by atoms with Crippen LogP contribution in [0, 0.1) is 5.92 Å². The lowest BCUT2D eigenvalue weighted by Gasteiger charge is -2.25. The van der Waals surface area contributed by atoms with Crippen molar-refractivity contribution in [2.75, 3.05) is 6.54 Å². The SMILES string of the molecule is CCC(C)c1ccc(C(NC(=O)CN2C(=O)NC3(CCCC3)C2=O)C(C)C)cc1. The van der Waals surface area contributed by atoms with Crippen LogP contribution in [0.1, 0.15) is 82.9 Å². The van der Waals surface area contributed by atoms with E-state index in [1.165, 1.54) is 5.56 Å². The molecule has 2 unspecified atom stereocenters. The predicted octanol–water partition coefficient (Wildman–Crippen LogP) is 3.88. The first kappa shape index (κ1) is 21.3. The Kier molecular flexibility index (Phi) is 6.30. The molecule has 2 fully saturated rings. The zero-order chi connectivity index (χ0) is 21.2. The van der Waals surface area contributed by atoms with Gasteiger partial charge in [0.05, 0.1) is 6.04 Å². The van der Waals surface area contributed by atoms with Crippen molar-refractivity contribution in [3.05, 3.63) is 35.4 Å². The fourth-order valence-electron chi connectivity index (χ4n) is 4.40. The van der Waals surface area contributed by atoms with E-state index in [1.54, 1.807) is 0 Å². The van der Waals surface area contributed by atoms with E-state index in [0.29, 0.717) is 18.8 Å². The lowest BCUT2D eigenvalue weighted by atomic mass is 9.92. The summed E-state index contributed by atoms with van der Waals surface area (Å²) in [4.78, 5) is 38.9. The summed E-state index contributed by atoms with van der Waals surface area (Å²) in [6.45, 7) is 8.23. The monoisotopic (exact) mass is 399 g/mol. The molecule has 3 rings (SSSR count). The van der Waals surface area contributed by atoms with Crippen LogP contribution in [0.3, 0.4) is 0 Å².